The Balaban J connectivity index is 1.99. The molecule has 114 valence electrons. The van der Waals surface area contributed by atoms with E-state index in [4.69, 9.17) is 5.11 Å². The maximum absolute atomic E-state index is 13.0. The first-order valence-electron chi connectivity index (χ1n) is 7.25. The number of nitrogens with one attached hydrogen (secondary N) is 1. The Morgan fingerprint density at radius 2 is 1.82 bits per heavy atom. The van der Waals surface area contributed by atoms with Crippen LogP contribution in [-0.4, -0.2) is 11.2 Å². The summed E-state index contributed by atoms with van der Waals surface area (Å²) < 4.78 is 13.0. The zero-order valence-corrected chi connectivity index (χ0v) is 12.6. The van der Waals surface area contributed by atoms with Crippen molar-refractivity contribution in [1.82, 2.24) is 5.32 Å². The van der Waals surface area contributed by atoms with E-state index in [0.29, 0.717) is 0 Å². The van der Waals surface area contributed by atoms with Crippen molar-refractivity contribution in [2.24, 2.45) is 5.41 Å². The van der Waals surface area contributed by atoms with Gasteiger partial charge >= 0.3 is 6.09 Å². The largest absolute Gasteiger partial charge is 0.465 e. The second-order valence-electron chi connectivity index (χ2n) is 6.47. The molecule has 0 saturated carbocycles. The van der Waals surface area contributed by atoms with Crippen LogP contribution in [0, 0.1) is 11.2 Å². The second-order valence-corrected chi connectivity index (χ2v) is 6.47. The van der Waals surface area contributed by atoms with Crippen molar-refractivity contribution in [3.05, 3.63) is 59.4 Å². The van der Waals surface area contributed by atoms with Crippen molar-refractivity contribution in [3.8, 4) is 11.1 Å². The van der Waals surface area contributed by atoms with Gasteiger partial charge in [-0.05, 0) is 46.2 Å². The van der Waals surface area contributed by atoms with Crippen molar-refractivity contribution in [1.29, 1.82) is 0 Å². The number of carbonyl (C=O) groups is 1. The van der Waals surface area contributed by atoms with Gasteiger partial charge in [-0.3, -0.25) is 0 Å². The van der Waals surface area contributed by atoms with Crippen LogP contribution in [0.3, 0.4) is 0 Å². The Bertz CT molecular complexity index is 722. The zero-order valence-electron chi connectivity index (χ0n) is 12.6. The minimum atomic E-state index is -1.01. The number of carboxylic acid groups (broad SMARTS) is 1. The SMILES string of the molecule is CC1(C)Cc2cc(-c3ccc(F)cc3)ccc2C1NC(=O)O. The van der Waals surface area contributed by atoms with E-state index < -0.39 is 6.09 Å². The van der Waals surface area contributed by atoms with Crippen molar-refractivity contribution in [2.45, 2.75) is 26.3 Å². The molecular formula is C18H18FNO2. The van der Waals surface area contributed by atoms with Crippen LogP contribution < -0.4 is 5.32 Å². The highest BCUT2D eigenvalue weighted by Gasteiger charge is 2.39. The molecular weight excluding hydrogens is 281 g/mol. The van der Waals surface area contributed by atoms with E-state index in [-0.39, 0.29) is 17.3 Å². The molecule has 0 bridgehead atoms. The zero-order chi connectivity index (χ0) is 15.9. The Morgan fingerprint density at radius 3 is 2.45 bits per heavy atom. The number of hydrogen-bond donors (Lipinski definition) is 2. The molecule has 2 aromatic rings. The topological polar surface area (TPSA) is 49.3 Å². The first-order valence-corrected chi connectivity index (χ1v) is 7.25. The average molecular weight is 299 g/mol. The maximum atomic E-state index is 13.0. The van der Waals surface area contributed by atoms with Crippen LogP contribution in [0.5, 0.6) is 0 Å². The van der Waals surface area contributed by atoms with Gasteiger partial charge in [-0.1, -0.05) is 44.2 Å². The highest BCUT2D eigenvalue weighted by atomic mass is 19.1. The molecule has 1 aliphatic rings. The van der Waals surface area contributed by atoms with E-state index in [0.717, 1.165) is 28.7 Å². The van der Waals surface area contributed by atoms with Gasteiger partial charge < -0.3 is 10.4 Å². The van der Waals surface area contributed by atoms with Crippen LogP contribution in [-0.2, 0) is 6.42 Å². The van der Waals surface area contributed by atoms with E-state index >= 15 is 0 Å². The molecule has 0 fully saturated rings. The highest BCUT2D eigenvalue weighted by Crippen LogP contribution is 2.46. The molecule has 3 nitrogen and oxygen atoms in total. The summed E-state index contributed by atoms with van der Waals surface area (Å²) in [6.45, 7) is 4.12. The van der Waals surface area contributed by atoms with E-state index in [9.17, 15) is 9.18 Å². The van der Waals surface area contributed by atoms with E-state index in [1.165, 1.54) is 12.1 Å². The molecule has 1 atom stereocenters. The Kier molecular flexibility index (Phi) is 3.39. The number of benzene rings is 2. The lowest BCUT2D eigenvalue weighted by Gasteiger charge is -2.27. The summed E-state index contributed by atoms with van der Waals surface area (Å²) in [6, 6.07) is 12.2. The summed E-state index contributed by atoms with van der Waals surface area (Å²) in [4.78, 5) is 11.0. The predicted octanol–water partition coefficient (Wildman–Crippen LogP) is 4.38. The first kappa shape index (κ1) is 14.6. The Labute approximate surface area is 128 Å². The predicted molar refractivity (Wildman–Crippen MR) is 83.2 cm³/mol. The van der Waals surface area contributed by atoms with Gasteiger partial charge in [-0.2, -0.15) is 0 Å². The summed E-state index contributed by atoms with van der Waals surface area (Å²) in [6.07, 6.45) is -0.198. The smallest absolute Gasteiger partial charge is 0.405 e. The van der Waals surface area contributed by atoms with Gasteiger partial charge in [0.2, 0.25) is 0 Å². The van der Waals surface area contributed by atoms with E-state index in [1.54, 1.807) is 12.1 Å². The fourth-order valence-electron chi connectivity index (χ4n) is 3.27. The average Bonchev–Trinajstić information content (AvgIpc) is 2.69. The van der Waals surface area contributed by atoms with Gasteiger partial charge in [0.05, 0.1) is 6.04 Å². The molecule has 0 saturated heterocycles. The fraction of sp³-hybridized carbons (Fsp3) is 0.278. The molecule has 0 radical (unpaired) electrons. The van der Waals surface area contributed by atoms with Gasteiger partial charge in [0.25, 0.3) is 0 Å². The molecule has 2 N–H and O–H groups in total. The number of amides is 1. The lowest BCUT2D eigenvalue weighted by Crippen LogP contribution is -2.34. The lowest BCUT2D eigenvalue weighted by atomic mass is 9.85. The van der Waals surface area contributed by atoms with Crippen molar-refractivity contribution in [2.75, 3.05) is 0 Å². The number of halogens is 1. The van der Waals surface area contributed by atoms with Gasteiger partial charge in [-0.15, -0.1) is 0 Å². The monoisotopic (exact) mass is 299 g/mol. The van der Waals surface area contributed by atoms with Crippen molar-refractivity contribution < 1.29 is 14.3 Å². The molecule has 0 aliphatic heterocycles. The minimum absolute atomic E-state index is 0.165. The van der Waals surface area contributed by atoms with Crippen LogP contribution in [0.4, 0.5) is 9.18 Å². The molecule has 1 amide bonds. The van der Waals surface area contributed by atoms with E-state index in [1.807, 2.05) is 12.1 Å². The van der Waals surface area contributed by atoms with Crippen LogP contribution in [0.15, 0.2) is 42.5 Å². The van der Waals surface area contributed by atoms with Gasteiger partial charge in [-0.25, -0.2) is 9.18 Å². The summed E-state index contributed by atoms with van der Waals surface area (Å²) in [5, 5.41) is 11.7. The molecule has 4 heteroatoms. The molecule has 0 aromatic heterocycles. The van der Waals surface area contributed by atoms with Crippen molar-refractivity contribution >= 4 is 6.09 Å². The number of fused-ring (bicyclic) bond motifs is 1. The third-order valence-corrected chi connectivity index (χ3v) is 4.33. The van der Waals surface area contributed by atoms with Gasteiger partial charge in [0, 0.05) is 0 Å². The third kappa shape index (κ3) is 2.56. The fourth-order valence-corrected chi connectivity index (χ4v) is 3.27. The highest BCUT2D eigenvalue weighted by molar-refractivity contribution is 5.68. The Hall–Kier alpha value is -2.36. The summed E-state index contributed by atoms with van der Waals surface area (Å²) in [7, 11) is 0. The van der Waals surface area contributed by atoms with Crippen LogP contribution in [0.25, 0.3) is 11.1 Å². The maximum Gasteiger partial charge on any atom is 0.405 e. The normalized spacial score (nSPS) is 18.8. The quantitative estimate of drug-likeness (QED) is 0.864. The molecule has 3 rings (SSSR count). The van der Waals surface area contributed by atoms with Crippen LogP contribution in [0.1, 0.15) is 31.0 Å². The van der Waals surface area contributed by atoms with E-state index in [2.05, 4.69) is 25.2 Å². The first-order chi connectivity index (χ1) is 10.4. The lowest BCUT2D eigenvalue weighted by molar-refractivity contribution is 0.175. The van der Waals surface area contributed by atoms with Crippen LogP contribution in [0.2, 0.25) is 0 Å². The van der Waals surface area contributed by atoms with Gasteiger partial charge in [0.15, 0.2) is 0 Å². The molecule has 0 spiro atoms. The molecule has 1 aliphatic carbocycles. The standard InChI is InChI=1S/C18H18FNO2/c1-18(2)10-13-9-12(11-3-6-14(19)7-4-11)5-8-15(13)16(18)20-17(21)22/h3-9,16,20H,10H2,1-2H3,(H,21,22). The van der Waals surface area contributed by atoms with Gasteiger partial charge in [0.1, 0.15) is 5.82 Å². The molecule has 1 unspecified atom stereocenters. The number of rotatable bonds is 2. The van der Waals surface area contributed by atoms with Crippen LogP contribution >= 0.6 is 0 Å². The summed E-state index contributed by atoms with van der Waals surface area (Å²) >= 11 is 0. The van der Waals surface area contributed by atoms with Crippen molar-refractivity contribution in [3.63, 3.8) is 0 Å². The summed E-state index contributed by atoms with van der Waals surface area (Å²) in [5.41, 5.74) is 3.98. The number of hydrogen-bond acceptors (Lipinski definition) is 1. The second kappa shape index (κ2) is 5.13. The molecule has 0 heterocycles. The summed E-state index contributed by atoms with van der Waals surface area (Å²) in [5.74, 6) is -0.253. The Morgan fingerprint density at radius 1 is 1.18 bits per heavy atom. The molecule has 2 aromatic carbocycles. The third-order valence-electron chi connectivity index (χ3n) is 4.33. The molecule has 22 heavy (non-hydrogen) atoms. The minimum Gasteiger partial charge on any atom is -0.465 e.